The van der Waals surface area contributed by atoms with Gasteiger partial charge in [-0.15, -0.1) is 0 Å². The lowest BCUT2D eigenvalue weighted by atomic mass is 10.0. The molecule has 0 bridgehead atoms. The number of anilines is 1. The largest absolute Gasteiger partial charge is 0.493 e. The summed E-state index contributed by atoms with van der Waals surface area (Å²) in [5.74, 6) is 2.00. The molecule has 0 saturated carbocycles. The molecule has 0 unspecified atom stereocenters. The van der Waals surface area contributed by atoms with E-state index in [9.17, 15) is 9.59 Å². The fraction of sp³-hybridized carbons (Fsp3) is 0.400. The highest BCUT2D eigenvalue weighted by atomic mass is 16.5. The Kier molecular flexibility index (Phi) is 7.88. The Hall–Kier alpha value is -4.18. The summed E-state index contributed by atoms with van der Waals surface area (Å²) in [7, 11) is 0. The Morgan fingerprint density at radius 2 is 1.90 bits per heavy atom. The van der Waals surface area contributed by atoms with Crippen LogP contribution in [0.25, 0.3) is 16.6 Å². The molecule has 210 valence electrons. The topological polar surface area (TPSA) is 117 Å². The van der Waals surface area contributed by atoms with Gasteiger partial charge in [0.15, 0.2) is 0 Å². The summed E-state index contributed by atoms with van der Waals surface area (Å²) < 4.78 is 7.57. The van der Waals surface area contributed by atoms with Gasteiger partial charge in [-0.05, 0) is 62.6 Å². The molecule has 0 aromatic carbocycles. The van der Waals surface area contributed by atoms with Gasteiger partial charge in [0.1, 0.15) is 23.1 Å². The molecule has 1 fully saturated rings. The number of aryl methyl sites for hydroxylation is 2. The first-order valence-corrected chi connectivity index (χ1v) is 13.9. The summed E-state index contributed by atoms with van der Waals surface area (Å²) in [5, 5.41) is 6.31. The van der Waals surface area contributed by atoms with E-state index in [-0.39, 0.29) is 23.9 Å². The van der Waals surface area contributed by atoms with Crippen molar-refractivity contribution in [2.24, 2.45) is 0 Å². The van der Waals surface area contributed by atoms with Gasteiger partial charge in [-0.1, -0.05) is 13.8 Å². The minimum Gasteiger partial charge on any atom is -0.493 e. The number of nitrogens with zero attached hydrogens (tertiary/aromatic N) is 4. The zero-order chi connectivity index (χ0) is 28.4. The molecular weight excluding hydrogens is 506 g/mol. The minimum atomic E-state index is -0.310. The smallest absolute Gasteiger partial charge is 0.268 e. The van der Waals surface area contributed by atoms with E-state index >= 15 is 0 Å². The lowest BCUT2D eigenvalue weighted by Crippen LogP contribution is -2.43. The Morgan fingerprint density at radius 3 is 2.58 bits per heavy atom. The highest BCUT2D eigenvalue weighted by molar-refractivity contribution is 5.95. The SMILES string of the molecule is CCOc1cc(C)[nH]c(=O)c1CNC(=O)c1cc(-c2ccc(N3CCNCC3)nc2)cc2c(C(C)C)nc(C)n12. The van der Waals surface area contributed by atoms with E-state index in [1.165, 1.54) is 0 Å². The summed E-state index contributed by atoms with van der Waals surface area (Å²) in [6.45, 7) is 13.9. The number of piperazine rings is 1. The average Bonchev–Trinajstić information content (AvgIpc) is 3.29. The van der Waals surface area contributed by atoms with Gasteiger partial charge in [-0.2, -0.15) is 0 Å². The third-order valence-electron chi connectivity index (χ3n) is 7.19. The summed E-state index contributed by atoms with van der Waals surface area (Å²) in [4.78, 5) is 41.0. The van der Waals surface area contributed by atoms with E-state index in [0.717, 1.165) is 60.2 Å². The van der Waals surface area contributed by atoms with Crippen LogP contribution in [0.2, 0.25) is 0 Å². The Morgan fingerprint density at radius 1 is 1.12 bits per heavy atom. The maximum atomic E-state index is 13.7. The molecule has 1 saturated heterocycles. The van der Waals surface area contributed by atoms with Gasteiger partial charge in [0.25, 0.3) is 11.5 Å². The van der Waals surface area contributed by atoms with Gasteiger partial charge in [0.2, 0.25) is 0 Å². The van der Waals surface area contributed by atoms with Crippen molar-refractivity contribution in [2.75, 3.05) is 37.7 Å². The third kappa shape index (κ3) is 5.44. The number of nitrogens with one attached hydrogen (secondary N) is 3. The molecular formula is C30H37N7O3. The first-order valence-electron chi connectivity index (χ1n) is 13.9. The van der Waals surface area contributed by atoms with Crippen LogP contribution >= 0.6 is 0 Å². The number of rotatable bonds is 8. The molecule has 0 spiro atoms. The molecule has 1 aliphatic rings. The predicted octanol–water partition coefficient (Wildman–Crippen LogP) is 3.56. The second-order valence-corrected chi connectivity index (χ2v) is 10.4. The fourth-order valence-electron chi connectivity index (χ4n) is 5.21. The number of pyridine rings is 3. The van der Waals surface area contributed by atoms with E-state index in [1.807, 2.05) is 36.6 Å². The van der Waals surface area contributed by atoms with Gasteiger partial charge in [0, 0.05) is 43.6 Å². The van der Waals surface area contributed by atoms with Gasteiger partial charge in [-0.3, -0.25) is 14.0 Å². The van der Waals surface area contributed by atoms with Crippen LogP contribution in [0.5, 0.6) is 5.75 Å². The van der Waals surface area contributed by atoms with Crippen LogP contribution in [0, 0.1) is 13.8 Å². The molecule has 5 heterocycles. The summed E-state index contributed by atoms with van der Waals surface area (Å²) >= 11 is 0. The first-order chi connectivity index (χ1) is 19.3. The zero-order valence-corrected chi connectivity index (χ0v) is 23.8. The highest BCUT2D eigenvalue weighted by Crippen LogP contribution is 2.29. The molecule has 4 aromatic rings. The quantitative estimate of drug-likeness (QED) is 0.311. The van der Waals surface area contributed by atoms with Crippen LogP contribution in [0.3, 0.4) is 0 Å². The number of fused-ring (bicyclic) bond motifs is 1. The average molecular weight is 544 g/mol. The molecule has 1 aliphatic heterocycles. The Balaban J connectivity index is 1.52. The van der Waals surface area contributed by atoms with Crippen LogP contribution in [-0.4, -0.2) is 58.0 Å². The van der Waals surface area contributed by atoms with Crippen molar-refractivity contribution in [1.29, 1.82) is 0 Å². The second kappa shape index (κ2) is 11.5. The molecule has 1 amide bonds. The first kappa shape index (κ1) is 27.4. The number of aromatic amines is 1. The van der Waals surface area contributed by atoms with E-state index in [1.54, 1.807) is 13.0 Å². The van der Waals surface area contributed by atoms with Gasteiger partial charge in [-0.25, -0.2) is 9.97 Å². The van der Waals surface area contributed by atoms with Crippen molar-refractivity contribution in [3.8, 4) is 16.9 Å². The number of carbonyl (C=O) groups is 1. The molecule has 10 heteroatoms. The molecule has 5 rings (SSSR count). The normalized spacial score (nSPS) is 13.7. The molecule has 40 heavy (non-hydrogen) atoms. The van der Waals surface area contributed by atoms with Crippen molar-refractivity contribution in [3.05, 3.63) is 75.4 Å². The number of carbonyl (C=O) groups excluding carboxylic acids is 1. The van der Waals surface area contributed by atoms with Gasteiger partial charge < -0.3 is 25.3 Å². The number of ether oxygens (including phenoxy) is 1. The fourth-order valence-corrected chi connectivity index (χ4v) is 5.21. The number of aromatic nitrogens is 4. The van der Waals surface area contributed by atoms with Crippen molar-refractivity contribution in [3.63, 3.8) is 0 Å². The summed E-state index contributed by atoms with van der Waals surface area (Å²) in [6.07, 6.45) is 1.86. The van der Waals surface area contributed by atoms with E-state index in [4.69, 9.17) is 14.7 Å². The predicted molar refractivity (Wildman–Crippen MR) is 156 cm³/mol. The van der Waals surface area contributed by atoms with Crippen molar-refractivity contribution >= 4 is 17.2 Å². The number of hydrogen-bond donors (Lipinski definition) is 3. The van der Waals surface area contributed by atoms with E-state index < -0.39 is 0 Å². The third-order valence-corrected chi connectivity index (χ3v) is 7.19. The number of imidazole rings is 1. The van der Waals surface area contributed by atoms with E-state index in [2.05, 4.69) is 46.5 Å². The molecule has 0 atom stereocenters. The standard InChI is InChI=1S/C30H37N7O3/c1-6-40-26-13-19(4)34-29(38)23(26)17-33-30(39)25-15-22(14-24-28(18(2)3)35-20(5)37(24)25)21-7-8-27(32-16-21)36-11-9-31-10-12-36/h7-8,13-16,18,31H,6,9-12,17H2,1-5H3,(H,33,39)(H,34,38). The lowest BCUT2D eigenvalue weighted by molar-refractivity contribution is 0.0944. The molecule has 0 radical (unpaired) electrons. The van der Waals surface area contributed by atoms with Crippen molar-refractivity contribution < 1.29 is 9.53 Å². The summed E-state index contributed by atoms with van der Waals surface area (Å²) in [5.41, 5.74) is 4.84. The number of H-pyrrole nitrogens is 1. The van der Waals surface area contributed by atoms with Crippen LogP contribution in [-0.2, 0) is 6.54 Å². The van der Waals surface area contributed by atoms with Crippen LogP contribution in [0.4, 0.5) is 5.82 Å². The van der Waals surface area contributed by atoms with Crippen LogP contribution in [0.15, 0.2) is 41.3 Å². The van der Waals surface area contributed by atoms with Gasteiger partial charge >= 0.3 is 0 Å². The zero-order valence-electron chi connectivity index (χ0n) is 23.8. The minimum absolute atomic E-state index is 0.0290. The van der Waals surface area contributed by atoms with Crippen LogP contribution < -0.4 is 25.8 Å². The molecule has 4 aromatic heterocycles. The summed E-state index contributed by atoms with van der Waals surface area (Å²) in [6, 6.07) is 9.80. The monoisotopic (exact) mass is 543 g/mol. The Labute approximate surface area is 233 Å². The molecule has 0 aliphatic carbocycles. The lowest BCUT2D eigenvalue weighted by Gasteiger charge is -2.28. The molecule has 3 N–H and O–H groups in total. The number of hydrogen-bond acceptors (Lipinski definition) is 7. The van der Waals surface area contributed by atoms with Crippen molar-refractivity contribution in [1.82, 2.24) is 30.0 Å². The molecule has 10 nitrogen and oxygen atoms in total. The number of amides is 1. The maximum absolute atomic E-state index is 13.7. The highest BCUT2D eigenvalue weighted by Gasteiger charge is 2.21. The van der Waals surface area contributed by atoms with Crippen LogP contribution in [0.1, 0.15) is 60.0 Å². The van der Waals surface area contributed by atoms with Crippen molar-refractivity contribution in [2.45, 2.75) is 47.1 Å². The van der Waals surface area contributed by atoms with Gasteiger partial charge in [0.05, 0.1) is 29.9 Å². The maximum Gasteiger partial charge on any atom is 0.268 e. The second-order valence-electron chi connectivity index (χ2n) is 10.4. The Bertz CT molecular complexity index is 1580. The van der Waals surface area contributed by atoms with E-state index in [0.29, 0.717) is 29.3 Å².